The van der Waals surface area contributed by atoms with Crippen molar-refractivity contribution in [1.82, 2.24) is 25.7 Å². The molecule has 3 N–H and O–H groups in total. The summed E-state index contributed by atoms with van der Waals surface area (Å²) in [5, 5.41) is 12.5. The first kappa shape index (κ1) is 17.0. The van der Waals surface area contributed by atoms with Crippen molar-refractivity contribution in [3.63, 3.8) is 0 Å². The summed E-state index contributed by atoms with van der Waals surface area (Å²) in [6, 6.07) is 7.78. The Labute approximate surface area is 146 Å². The Bertz CT molecular complexity index is 797. The quantitative estimate of drug-likeness (QED) is 0.717. The highest BCUT2D eigenvalue weighted by molar-refractivity contribution is 5.94. The summed E-state index contributed by atoms with van der Waals surface area (Å²) in [5.74, 6) is -0.191. The lowest BCUT2D eigenvalue weighted by Gasteiger charge is -2.08. The van der Waals surface area contributed by atoms with Crippen LogP contribution in [0, 0.1) is 6.92 Å². The highest BCUT2D eigenvalue weighted by atomic mass is 16.2. The van der Waals surface area contributed by atoms with Crippen molar-refractivity contribution in [1.29, 1.82) is 0 Å². The SMILES string of the molecule is CNC(=O)NCCNC(=O)c1nn(-c2ccccc2C)c2c1CCC2. The summed E-state index contributed by atoms with van der Waals surface area (Å²) < 4.78 is 1.91. The molecule has 3 rings (SSSR count). The molecule has 0 radical (unpaired) electrons. The molecule has 1 aliphatic rings. The lowest BCUT2D eigenvalue weighted by molar-refractivity contribution is 0.0947. The van der Waals surface area contributed by atoms with Crippen LogP contribution in [0.25, 0.3) is 5.69 Å². The molecule has 0 atom stereocenters. The molecule has 0 saturated carbocycles. The molecule has 0 fully saturated rings. The number of para-hydroxylation sites is 1. The Morgan fingerprint density at radius 1 is 1.16 bits per heavy atom. The van der Waals surface area contributed by atoms with E-state index in [4.69, 9.17) is 0 Å². The number of benzene rings is 1. The maximum atomic E-state index is 12.5. The van der Waals surface area contributed by atoms with Gasteiger partial charge in [0, 0.05) is 31.4 Å². The van der Waals surface area contributed by atoms with Gasteiger partial charge in [-0.2, -0.15) is 5.10 Å². The van der Waals surface area contributed by atoms with Crippen LogP contribution in [0.1, 0.15) is 33.7 Å². The molecular formula is C18H23N5O2. The maximum Gasteiger partial charge on any atom is 0.314 e. The fourth-order valence-electron chi connectivity index (χ4n) is 3.14. The highest BCUT2D eigenvalue weighted by Gasteiger charge is 2.27. The summed E-state index contributed by atoms with van der Waals surface area (Å²) in [6.45, 7) is 2.77. The zero-order valence-electron chi connectivity index (χ0n) is 14.6. The van der Waals surface area contributed by atoms with E-state index in [1.54, 1.807) is 7.05 Å². The van der Waals surface area contributed by atoms with E-state index in [2.05, 4.69) is 21.0 Å². The number of nitrogens with one attached hydrogen (secondary N) is 3. The van der Waals surface area contributed by atoms with E-state index in [-0.39, 0.29) is 11.9 Å². The van der Waals surface area contributed by atoms with E-state index < -0.39 is 0 Å². The van der Waals surface area contributed by atoms with Crippen molar-refractivity contribution >= 4 is 11.9 Å². The summed E-state index contributed by atoms with van der Waals surface area (Å²) in [7, 11) is 1.55. The van der Waals surface area contributed by atoms with Gasteiger partial charge in [-0.15, -0.1) is 0 Å². The van der Waals surface area contributed by atoms with Crippen LogP contribution in [-0.4, -0.2) is 41.9 Å². The second-order valence-corrected chi connectivity index (χ2v) is 6.09. The van der Waals surface area contributed by atoms with E-state index in [0.29, 0.717) is 18.8 Å². The number of fused-ring (bicyclic) bond motifs is 1. The maximum absolute atomic E-state index is 12.5. The number of carbonyl (C=O) groups excluding carboxylic acids is 2. The molecule has 2 aromatic rings. The van der Waals surface area contributed by atoms with Crippen molar-refractivity contribution in [3.05, 3.63) is 46.8 Å². The van der Waals surface area contributed by atoms with E-state index >= 15 is 0 Å². The second kappa shape index (κ2) is 7.38. The standard InChI is InChI=1S/C18H23N5O2/c1-12-6-3-4-8-14(12)23-15-9-5-7-13(15)16(22-23)17(24)20-10-11-21-18(25)19-2/h3-4,6,8H,5,7,9-11H2,1-2H3,(H,20,24)(H2,19,21,25). The zero-order chi connectivity index (χ0) is 17.8. The number of nitrogens with zero attached hydrogens (tertiary/aromatic N) is 2. The Balaban J connectivity index is 1.77. The van der Waals surface area contributed by atoms with Crippen molar-refractivity contribution < 1.29 is 9.59 Å². The predicted octanol–water partition coefficient (Wildman–Crippen LogP) is 1.33. The first-order valence-electron chi connectivity index (χ1n) is 8.52. The molecule has 0 saturated heterocycles. The summed E-state index contributed by atoms with van der Waals surface area (Å²) >= 11 is 0. The number of urea groups is 1. The van der Waals surface area contributed by atoms with Gasteiger partial charge < -0.3 is 16.0 Å². The lowest BCUT2D eigenvalue weighted by atomic mass is 10.2. The largest absolute Gasteiger partial charge is 0.349 e. The van der Waals surface area contributed by atoms with Gasteiger partial charge in [-0.1, -0.05) is 18.2 Å². The molecule has 0 spiro atoms. The van der Waals surface area contributed by atoms with Crippen LogP contribution in [0.2, 0.25) is 0 Å². The third-order valence-electron chi connectivity index (χ3n) is 4.41. The van der Waals surface area contributed by atoms with Gasteiger partial charge in [0.25, 0.3) is 5.91 Å². The molecule has 0 aliphatic heterocycles. The van der Waals surface area contributed by atoms with E-state index in [1.165, 1.54) is 0 Å². The van der Waals surface area contributed by atoms with Crippen LogP contribution in [0.3, 0.4) is 0 Å². The van der Waals surface area contributed by atoms with Gasteiger partial charge in [0.15, 0.2) is 5.69 Å². The van der Waals surface area contributed by atoms with E-state index in [9.17, 15) is 9.59 Å². The van der Waals surface area contributed by atoms with Gasteiger partial charge in [-0.05, 0) is 37.8 Å². The van der Waals surface area contributed by atoms with Gasteiger partial charge >= 0.3 is 6.03 Å². The van der Waals surface area contributed by atoms with Crippen molar-refractivity contribution in [2.24, 2.45) is 0 Å². The van der Waals surface area contributed by atoms with Gasteiger partial charge in [-0.25, -0.2) is 9.48 Å². The smallest absolute Gasteiger partial charge is 0.314 e. The highest BCUT2D eigenvalue weighted by Crippen LogP contribution is 2.28. The van der Waals surface area contributed by atoms with Crippen LogP contribution < -0.4 is 16.0 Å². The Hall–Kier alpha value is -2.83. The van der Waals surface area contributed by atoms with Gasteiger partial charge in [0.05, 0.1) is 5.69 Å². The van der Waals surface area contributed by atoms with E-state index in [0.717, 1.165) is 41.8 Å². The van der Waals surface area contributed by atoms with Gasteiger partial charge in [-0.3, -0.25) is 4.79 Å². The minimum absolute atomic E-state index is 0.191. The first-order chi connectivity index (χ1) is 12.1. The topological polar surface area (TPSA) is 88.1 Å². The van der Waals surface area contributed by atoms with E-state index in [1.807, 2.05) is 35.9 Å². The normalized spacial score (nSPS) is 12.6. The zero-order valence-corrected chi connectivity index (χ0v) is 14.6. The van der Waals surface area contributed by atoms with Crippen molar-refractivity contribution in [2.45, 2.75) is 26.2 Å². The molecule has 25 heavy (non-hydrogen) atoms. The Morgan fingerprint density at radius 3 is 2.68 bits per heavy atom. The number of carbonyl (C=O) groups is 2. The molecule has 1 heterocycles. The number of hydrogen-bond acceptors (Lipinski definition) is 3. The van der Waals surface area contributed by atoms with Gasteiger partial charge in [0.1, 0.15) is 0 Å². The Morgan fingerprint density at radius 2 is 1.92 bits per heavy atom. The monoisotopic (exact) mass is 341 g/mol. The molecule has 0 bridgehead atoms. The van der Waals surface area contributed by atoms with Crippen molar-refractivity contribution in [3.8, 4) is 5.69 Å². The molecule has 0 unspecified atom stereocenters. The minimum atomic E-state index is -0.265. The number of aromatic nitrogens is 2. The van der Waals surface area contributed by atoms with Crippen LogP contribution in [0.4, 0.5) is 4.79 Å². The predicted molar refractivity (Wildman–Crippen MR) is 95.1 cm³/mol. The molecule has 7 nitrogen and oxygen atoms in total. The van der Waals surface area contributed by atoms with Crippen LogP contribution in [-0.2, 0) is 12.8 Å². The average molecular weight is 341 g/mol. The molecule has 7 heteroatoms. The number of hydrogen-bond donors (Lipinski definition) is 3. The number of aryl methyl sites for hydroxylation is 1. The molecule has 1 aliphatic carbocycles. The summed E-state index contributed by atoms with van der Waals surface area (Å²) in [5.41, 5.74) is 4.81. The number of rotatable bonds is 5. The average Bonchev–Trinajstić information content (AvgIpc) is 3.21. The summed E-state index contributed by atoms with van der Waals surface area (Å²) in [4.78, 5) is 23.7. The second-order valence-electron chi connectivity index (χ2n) is 6.09. The lowest BCUT2D eigenvalue weighted by Crippen LogP contribution is -2.39. The first-order valence-corrected chi connectivity index (χ1v) is 8.52. The minimum Gasteiger partial charge on any atom is -0.349 e. The molecule has 3 amide bonds. The van der Waals surface area contributed by atoms with Gasteiger partial charge in [0.2, 0.25) is 0 Å². The third kappa shape index (κ3) is 3.50. The van der Waals surface area contributed by atoms with Crippen molar-refractivity contribution in [2.75, 3.05) is 20.1 Å². The summed E-state index contributed by atoms with van der Waals surface area (Å²) in [6.07, 6.45) is 2.85. The van der Waals surface area contributed by atoms with Crippen LogP contribution in [0.5, 0.6) is 0 Å². The Kier molecular flexibility index (Phi) is 5.02. The third-order valence-corrected chi connectivity index (χ3v) is 4.41. The number of amides is 3. The van der Waals surface area contributed by atoms with Crippen LogP contribution >= 0.6 is 0 Å². The molecule has 1 aromatic carbocycles. The molecule has 1 aromatic heterocycles. The molecule has 132 valence electrons. The fourth-order valence-corrected chi connectivity index (χ4v) is 3.14. The van der Waals surface area contributed by atoms with Crippen LogP contribution in [0.15, 0.2) is 24.3 Å². The molecular weight excluding hydrogens is 318 g/mol. The fraction of sp³-hybridized carbons (Fsp3) is 0.389.